The van der Waals surface area contributed by atoms with Crippen molar-refractivity contribution in [3.63, 3.8) is 0 Å². The van der Waals surface area contributed by atoms with E-state index in [0.717, 1.165) is 11.1 Å². The van der Waals surface area contributed by atoms with Crippen molar-refractivity contribution in [1.29, 1.82) is 0 Å². The van der Waals surface area contributed by atoms with Crippen molar-refractivity contribution in [2.45, 2.75) is 31.8 Å². The molecule has 0 aliphatic rings. The molecule has 0 fully saturated rings. The highest BCUT2D eigenvalue weighted by Gasteiger charge is 2.30. The molecule has 0 aliphatic heterocycles. The SMILES string of the molecule is CC[C@H](NC(=O)C(Cc1nccs1)NC(=O)c1ccc(-c2ccccc2Cl)cc1)C(=O)c1nc2ccccc2o1. The van der Waals surface area contributed by atoms with E-state index in [2.05, 4.69) is 20.6 Å². The van der Waals surface area contributed by atoms with E-state index in [-0.39, 0.29) is 12.3 Å². The molecule has 40 heavy (non-hydrogen) atoms. The molecule has 2 amide bonds. The van der Waals surface area contributed by atoms with Crippen LogP contribution in [-0.2, 0) is 11.2 Å². The summed E-state index contributed by atoms with van der Waals surface area (Å²) in [5.74, 6) is -1.46. The number of aromatic nitrogens is 2. The molecule has 8 nitrogen and oxygen atoms in total. The number of para-hydroxylation sites is 2. The first-order valence-electron chi connectivity index (χ1n) is 12.7. The number of carbonyl (C=O) groups excluding carboxylic acids is 3. The van der Waals surface area contributed by atoms with Crippen molar-refractivity contribution in [3.05, 3.63) is 106 Å². The second kappa shape index (κ2) is 12.2. The van der Waals surface area contributed by atoms with E-state index in [9.17, 15) is 14.4 Å². The smallest absolute Gasteiger partial charge is 0.266 e. The van der Waals surface area contributed by atoms with Gasteiger partial charge in [-0.1, -0.05) is 61.0 Å². The van der Waals surface area contributed by atoms with Crippen molar-refractivity contribution in [2.24, 2.45) is 0 Å². The largest absolute Gasteiger partial charge is 0.434 e. The van der Waals surface area contributed by atoms with E-state index in [1.54, 1.807) is 73.1 Å². The average Bonchev–Trinajstić information content (AvgIpc) is 3.65. The lowest BCUT2D eigenvalue weighted by Gasteiger charge is -2.21. The topological polar surface area (TPSA) is 114 Å². The van der Waals surface area contributed by atoms with Gasteiger partial charge >= 0.3 is 0 Å². The van der Waals surface area contributed by atoms with Gasteiger partial charge in [0.25, 0.3) is 11.8 Å². The maximum absolute atomic E-state index is 13.4. The van der Waals surface area contributed by atoms with Crippen molar-refractivity contribution >= 4 is 51.6 Å². The van der Waals surface area contributed by atoms with E-state index >= 15 is 0 Å². The molecule has 2 heterocycles. The summed E-state index contributed by atoms with van der Waals surface area (Å²) >= 11 is 7.68. The zero-order chi connectivity index (χ0) is 28.1. The van der Waals surface area contributed by atoms with Gasteiger partial charge in [0.2, 0.25) is 11.7 Å². The number of thiazole rings is 1. The molecule has 0 saturated carbocycles. The molecule has 10 heteroatoms. The number of ketones is 1. The third-order valence-electron chi connectivity index (χ3n) is 6.36. The molecule has 1 unspecified atom stereocenters. The first kappa shape index (κ1) is 27.2. The van der Waals surface area contributed by atoms with Gasteiger partial charge < -0.3 is 15.1 Å². The maximum atomic E-state index is 13.4. The number of Topliss-reactive ketones (excluding diaryl/α,β-unsaturated/α-hetero) is 1. The lowest BCUT2D eigenvalue weighted by atomic mass is 10.0. The average molecular weight is 573 g/mol. The van der Waals surface area contributed by atoms with Crippen LogP contribution < -0.4 is 10.6 Å². The van der Waals surface area contributed by atoms with Gasteiger partial charge in [-0.15, -0.1) is 11.3 Å². The number of oxazole rings is 1. The number of hydrogen-bond donors (Lipinski definition) is 2. The minimum absolute atomic E-state index is 0.0764. The zero-order valence-corrected chi connectivity index (χ0v) is 23.0. The Balaban J connectivity index is 1.32. The molecule has 3 aromatic carbocycles. The van der Waals surface area contributed by atoms with Gasteiger partial charge in [0.05, 0.1) is 11.0 Å². The Bertz CT molecular complexity index is 1620. The maximum Gasteiger partial charge on any atom is 0.266 e. The first-order chi connectivity index (χ1) is 19.4. The van der Waals surface area contributed by atoms with Crippen molar-refractivity contribution in [2.75, 3.05) is 0 Å². The lowest BCUT2D eigenvalue weighted by Crippen LogP contribution is -2.52. The molecule has 2 atom stereocenters. The molecule has 0 spiro atoms. The van der Waals surface area contributed by atoms with Crippen LogP contribution in [0.2, 0.25) is 5.02 Å². The molecule has 202 valence electrons. The van der Waals surface area contributed by atoms with Crippen molar-refractivity contribution < 1.29 is 18.8 Å². The van der Waals surface area contributed by atoms with E-state index in [0.29, 0.717) is 33.1 Å². The Morgan fingerprint density at radius 1 is 0.950 bits per heavy atom. The second-order valence-corrected chi connectivity index (χ2v) is 10.4. The number of carbonyl (C=O) groups is 3. The number of benzene rings is 3. The number of hydrogen-bond acceptors (Lipinski definition) is 7. The van der Waals surface area contributed by atoms with Crippen LogP contribution in [0.5, 0.6) is 0 Å². The van der Waals surface area contributed by atoms with Crippen LogP contribution in [0.4, 0.5) is 0 Å². The fourth-order valence-corrected chi connectivity index (χ4v) is 5.14. The number of fused-ring (bicyclic) bond motifs is 1. The molecule has 5 aromatic rings. The minimum atomic E-state index is -0.965. The van der Waals surface area contributed by atoms with Crippen LogP contribution in [0.1, 0.15) is 39.4 Å². The summed E-state index contributed by atoms with van der Waals surface area (Å²) in [6.45, 7) is 1.78. The number of halogens is 1. The molecule has 2 N–H and O–H groups in total. The fourth-order valence-electron chi connectivity index (χ4n) is 4.23. The molecule has 0 bridgehead atoms. The quantitative estimate of drug-likeness (QED) is 0.207. The fraction of sp³-hybridized carbons (Fsp3) is 0.167. The normalized spacial score (nSPS) is 12.6. The van der Waals surface area contributed by atoms with E-state index in [1.165, 1.54) is 11.3 Å². The Labute approximate surface area is 239 Å². The number of nitrogens with zero attached hydrogens (tertiary/aromatic N) is 2. The summed E-state index contributed by atoms with van der Waals surface area (Å²) in [6.07, 6.45) is 2.11. The summed E-state index contributed by atoms with van der Waals surface area (Å²) in [5.41, 5.74) is 3.14. The van der Waals surface area contributed by atoms with Gasteiger partial charge in [-0.3, -0.25) is 14.4 Å². The zero-order valence-electron chi connectivity index (χ0n) is 21.5. The Morgan fingerprint density at radius 2 is 1.70 bits per heavy atom. The number of amides is 2. The van der Waals surface area contributed by atoms with E-state index in [4.69, 9.17) is 16.0 Å². The molecular weight excluding hydrogens is 548 g/mol. The van der Waals surface area contributed by atoms with Gasteiger partial charge in [-0.25, -0.2) is 9.97 Å². The monoisotopic (exact) mass is 572 g/mol. The lowest BCUT2D eigenvalue weighted by molar-refractivity contribution is -0.123. The number of rotatable bonds is 10. The van der Waals surface area contributed by atoms with Crippen LogP contribution in [0.25, 0.3) is 22.2 Å². The summed E-state index contributed by atoms with van der Waals surface area (Å²) in [7, 11) is 0. The van der Waals surface area contributed by atoms with E-state index in [1.807, 2.05) is 18.2 Å². The summed E-state index contributed by atoms with van der Waals surface area (Å²) in [5, 5.41) is 8.67. The summed E-state index contributed by atoms with van der Waals surface area (Å²) < 4.78 is 5.61. The van der Waals surface area contributed by atoms with Crippen LogP contribution >= 0.6 is 22.9 Å². The molecule has 0 aliphatic carbocycles. The predicted molar refractivity (Wildman–Crippen MR) is 155 cm³/mol. The van der Waals surface area contributed by atoms with E-state index < -0.39 is 29.7 Å². The molecule has 0 saturated heterocycles. The molecule has 5 rings (SSSR count). The highest BCUT2D eigenvalue weighted by Crippen LogP contribution is 2.27. The highest BCUT2D eigenvalue weighted by atomic mass is 35.5. The molecule has 2 aromatic heterocycles. The van der Waals surface area contributed by atoms with Gasteiger partial charge in [0.1, 0.15) is 11.6 Å². The first-order valence-corrected chi connectivity index (χ1v) is 13.9. The Kier molecular flexibility index (Phi) is 8.33. The summed E-state index contributed by atoms with van der Waals surface area (Å²) in [6, 6.07) is 19.6. The van der Waals surface area contributed by atoms with Crippen molar-refractivity contribution in [1.82, 2.24) is 20.6 Å². The Morgan fingerprint density at radius 3 is 2.40 bits per heavy atom. The number of nitrogens with one attached hydrogen (secondary N) is 2. The van der Waals surface area contributed by atoms with Crippen molar-refractivity contribution in [3.8, 4) is 11.1 Å². The standard InChI is InChI=1S/C30H25ClN4O4S/c1-2-22(27(36)30-35-23-9-5-6-10-25(23)39-30)33-29(38)24(17-26-32-15-16-40-26)34-28(37)19-13-11-18(12-14-19)20-7-3-4-8-21(20)31/h3-16,22,24H,2,17H2,1H3,(H,33,38)(H,34,37)/t22-,24?/m0/s1. The summed E-state index contributed by atoms with van der Waals surface area (Å²) in [4.78, 5) is 48.3. The Hall–Kier alpha value is -4.34. The van der Waals surface area contributed by atoms with Gasteiger partial charge in [-0.05, 0) is 42.3 Å². The van der Waals surface area contributed by atoms with Crippen LogP contribution in [-0.4, -0.2) is 39.6 Å². The van der Waals surface area contributed by atoms with Gasteiger partial charge in [0.15, 0.2) is 5.58 Å². The third-order valence-corrected chi connectivity index (χ3v) is 7.49. The minimum Gasteiger partial charge on any atom is -0.434 e. The van der Waals surface area contributed by atoms with Crippen LogP contribution in [0, 0.1) is 0 Å². The van der Waals surface area contributed by atoms with Crippen LogP contribution in [0.15, 0.2) is 88.8 Å². The highest BCUT2D eigenvalue weighted by molar-refractivity contribution is 7.09. The predicted octanol–water partition coefficient (Wildman–Crippen LogP) is 5.72. The van der Waals surface area contributed by atoms with Gasteiger partial charge in [0, 0.05) is 34.1 Å². The van der Waals surface area contributed by atoms with Gasteiger partial charge in [-0.2, -0.15) is 0 Å². The third kappa shape index (κ3) is 6.11. The molecular formula is C30H25ClN4O4S. The van der Waals surface area contributed by atoms with Crippen LogP contribution in [0.3, 0.4) is 0 Å². The second-order valence-electron chi connectivity index (χ2n) is 9.03. The molecule has 0 radical (unpaired) electrons.